The third-order valence-electron chi connectivity index (χ3n) is 4.00. The van der Waals surface area contributed by atoms with Crippen molar-refractivity contribution >= 4 is 11.8 Å². The van der Waals surface area contributed by atoms with Crippen LogP contribution in [-0.2, 0) is 16.1 Å². The van der Waals surface area contributed by atoms with Gasteiger partial charge in [0.15, 0.2) is 0 Å². The largest absolute Gasteiger partial charge is 0.497 e. The summed E-state index contributed by atoms with van der Waals surface area (Å²) in [5, 5.41) is 5.81. The third kappa shape index (κ3) is 5.56. The molecule has 1 saturated carbocycles. The van der Waals surface area contributed by atoms with Crippen LogP contribution in [0.4, 0.5) is 0 Å². The van der Waals surface area contributed by atoms with Gasteiger partial charge in [0.2, 0.25) is 11.8 Å². The van der Waals surface area contributed by atoms with Crippen LogP contribution in [0.25, 0.3) is 0 Å². The number of rotatable bonds is 8. The van der Waals surface area contributed by atoms with Gasteiger partial charge in [-0.15, -0.1) is 0 Å². The average molecular weight is 319 g/mol. The van der Waals surface area contributed by atoms with Crippen LogP contribution in [0.15, 0.2) is 24.3 Å². The van der Waals surface area contributed by atoms with Gasteiger partial charge in [-0.05, 0) is 44.5 Å². The number of nitrogens with one attached hydrogen (secondary N) is 2. The van der Waals surface area contributed by atoms with Crippen LogP contribution in [0, 0.1) is 0 Å². The highest BCUT2D eigenvalue weighted by atomic mass is 16.5. The number of benzene rings is 1. The van der Waals surface area contributed by atoms with Gasteiger partial charge in [-0.1, -0.05) is 12.1 Å². The molecule has 1 fully saturated rings. The van der Waals surface area contributed by atoms with E-state index in [0.717, 1.165) is 24.2 Å². The van der Waals surface area contributed by atoms with E-state index >= 15 is 0 Å². The number of carbonyl (C=O) groups is 2. The zero-order valence-electron chi connectivity index (χ0n) is 14.0. The van der Waals surface area contributed by atoms with Crippen molar-refractivity contribution in [2.75, 3.05) is 20.7 Å². The van der Waals surface area contributed by atoms with Crippen LogP contribution >= 0.6 is 0 Å². The highest BCUT2D eigenvalue weighted by Crippen LogP contribution is 2.18. The van der Waals surface area contributed by atoms with Crippen molar-refractivity contribution in [2.24, 2.45) is 0 Å². The summed E-state index contributed by atoms with van der Waals surface area (Å²) in [6.07, 6.45) is 2.13. The normalized spacial score (nSPS) is 15.1. The summed E-state index contributed by atoms with van der Waals surface area (Å²) in [4.78, 5) is 25.7. The van der Waals surface area contributed by atoms with Crippen LogP contribution < -0.4 is 15.4 Å². The van der Waals surface area contributed by atoms with Crippen LogP contribution in [0.2, 0.25) is 0 Å². The lowest BCUT2D eigenvalue weighted by Crippen LogP contribution is -2.47. The van der Waals surface area contributed by atoms with Gasteiger partial charge in [0.1, 0.15) is 5.75 Å². The van der Waals surface area contributed by atoms with Gasteiger partial charge >= 0.3 is 0 Å². The van der Waals surface area contributed by atoms with E-state index < -0.39 is 0 Å². The van der Waals surface area contributed by atoms with E-state index in [2.05, 4.69) is 10.6 Å². The Hall–Kier alpha value is -2.08. The zero-order valence-corrected chi connectivity index (χ0v) is 14.0. The maximum absolute atomic E-state index is 12.2. The van der Waals surface area contributed by atoms with Crippen molar-refractivity contribution in [1.82, 2.24) is 15.5 Å². The molecule has 2 N–H and O–H groups in total. The molecule has 1 aliphatic rings. The SMILES string of the molecule is COc1ccc(CNC(=O)[C@@H](C)N(C)CC(=O)NC2CC2)cc1. The summed E-state index contributed by atoms with van der Waals surface area (Å²) in [5.41, 5.74) is 1.00. The molecule has 0 aliphatic heterocycles. The fraction of sp³-hybridized carbons (Fsp3) is 0.529. The van der Waals surface area contributed by atoms with E-state index in [4.69, 9.17) is 4.74 Å². The van der Waals surface area contributed by atoms with E-state index in [9.17, 15) is 9.59 Å². The van der Waals surface area contributed by atoms with Crippen molar-refractivity contribution in [3.63, 3.8) is 0 Å². The molecule has 2 rings (SSSR count). The van der Waals surface area contributed by atoms with Crippen LogP contribution in [0.3, 0.4) is 0 Å². The average Bonchev–Trinajstić information content (AvgIpc) is 3.35. The first-order valence-corrected chi connectivity index (χ1v) is 7.90. The minimum absolute atomic E-state index is 0.0233. The van der Waals surface area contributed by atoms with Gasteiger partial charge < -0.3 is 15.4 Å². The summed E-state index contributed by atoms with van der Waals surface area (Å²) in [6, 6.07) is 7.53. The lowest BCUT2D eigenvalue weighted by Gasteiger charge is -2.23. The maximum atomic E-state index is 12.2. The minimum Gasteiger partial charge on any atom is -0.497 e. The first-order chi connectivity index (χ1) is 11.0. The summed E-state index contributed by atoms with van der Waals surface area (Å²) in [7, 11) is 3.40. The van der Waals surface area contributed by atoms with E-state index in [0.29, 0.717) is 12.6 Å². The smallest absolute Gasteiger partial charge is 0.237 e. The number of carbonyl (C=O) groups excluding carboxylic acids is 2. The Kier molecular flexibility index (Phi) is 5.98. The molecule has 0 heterocycles. The van der Waals surface area contributed by atoms with Crippen molar-refractivity contribution in [3.05, 3.63) is 29.8 Å². The van der Waals surface area contributed by atoms with E-state index in [-0.39, 0.29) is 24.4 Å². The molecule has 126 valence electrons. The highest BCUT2D eigenvalue weighted by molar-refractivity contribution is 5.83. The van der Waals surface area contributed by atoms with Gasteiger partial charge in [-0.25, -0.2) is 0 Å². The number of ether oxygens (including phenoxy) is 1. The summed E-state index contributed by atoms with van der Waals surface area (Å²) in [6.45, 7) is 2.48. The molecular formula is C17H25N3O3. The Labute approximate surface area is 137 Å². The molecule has 0 bridgehead atoms. The molecule has 1 aromatic rings. The van der Waals surface area contributed by atoms with Crippen molar-refractivity contribution in [3.8, 4) is 5.75 Å². The predicted molar refractivity (Wildman–Crippen MR) is 88.1 cm³/mol. The second-order valence-electron chi connectivity index (χ2n) is 6.00. The number of amides is 2. The van der Waals surface area contributed by atoms with Gasteiger partial charge in [-0.2, -0.15) is 0 Å². The first-order valence-electron chi connectivity index (χ1n) is 7.90. The van der Waals surface area contributed by atoms with Crippen molar-refractivity contribution < 1.29 is 14.3 Å². The Morgan fingerprint density at radius 1 is 1.30 bits per heavy atom. The van der Waals surface area contributed by atoms with Gasteiger partial charge in [-0.3, -0.25) is 14.5 Å². The highest BCUT2D eigenvalue weighted by Gasteiger charge is 2.25. The number of nitrogens with zero attached hydrogens (tertiary/aromatic N) is 1. The number of methoxy groups -OCH3 is 1. The summed E-state index contributed by atoms with van der Waals surface area (Å²) >= 11 is 0. The summed E-state index contributed by atoms with van der Waals surface area (Å²) < 4.78 is 5.10. The molecule has 0 unspecified atom stereocenters. The van der Waals surface area contributed by atoms with Gasteiger partial charge in [0, 0.05) is 12.6 Å². The second-order valence-corrected chi connectivity index (χ2v) is 6.00. The lowest BCUT2D eigenvalue weighted by atomic mass is 10.2. The van der Waals surface area contributed by atoms with Gasteiger partial charge in [0.05, 0.1) is 19.7 Å². The van der Waals surface area contributed by atoms with Crippen molar-refractivity contribution in [1.29, 1.82) is 0 Å². The van der Waals surface area contributed by atoms with Crippen LogP contribution in [-0.4, -0.2) is 49.5 Å². The molecule has 0 spiro atoms. The zero-order chi connectivity index (χ0) is 16.8. The molecule has 1 aromatic carbocycles. The standard InChI is InChI=1S/C17H25N3O3/c1-12(20(2)11-16(21)19-14-6-7-14)17(22)18-10-13-4-8-15(23-3)9-5-13/h4-5,8-9,12,14H,6-7,10-11H2,1-3H3,(H,18,22)(H,19,21)/t12-/m1/s1. The topological polar surface area (TPSA) is 70.7 Å². The molecule has 1 aliphatic carbocycles. The van der Waals surface area contributed by atoms with Gasteiger partial charge in [0.25, 0.3) is 0 Å². The Morgan fingerprint density at radius 3 is 2.52 bits per heavy atom. The van der Waals surface area contributed by atoms with E-state index in [1.54, 1.807) is 26.0 Å². The third-order valence-corrected chi connectivity index (χ3v) is 4.00. The van der Waals surface area contributed by atoms with E-state index in [1.807, 2.05) is 24.3 Å². The molecule has 0 saturated heterocycles. The van der Waals surface area contributed by atoms with Crippen LogP contribution in [0.5, 0.6) is 5.75 Å². The molecule has 6 nitrogen and oxygen atoms in total. The Bertz CT molecular complexity index is 541. The monoisotopic (exact) mass is 319 g/mol. The first kappa shape index (κ1) is 17.3. The molecule has 0 radical (unpaired) electrons. The summed E-state index contributed by atoms with van der Waals surface area (Å²) in [5.74, 6) is 0.669. The predicted octanol–water partition coefficient (Wildman–Crippen LogP) is 0.910. The fourth-order valence-corrected chi connectivity index (χ4v) is 2.14. The molecule has 1 atom stereocenters. The molecule has 2 amide bonds. The second kappa shape index (κ2) is 7.97. The Morgan fingerprint density at radius 2 is 1.96 bits per heavy atom. The minimum atomic E-state index is -0.363. The van der Waals surface area contributed by atoms with Crippen molar-refractivity contribution in [2.45, 2.75) is 38.4 Å². The number of hydrogen-bond donors (Lipinski definition) is 2. The molecule has 0 aromatic heterocycles. The number of likely N-dealkylation sites (N-methyl/N-ethyl adjacent to an activating group) is 1. The molecule has 23 heavy (non-hydrogen) atoms. The number of hydrogen-bond acceptors (Lipinski definition) is 4. The quantitative estimate of drug-likeness (QED) is 0.747. The Balaban J connectivity index is 1.75. The fourth-order valence-electron chi connectivity index (χ4n) is 2.14. The molecular weight excluding hydrogens is 294 g/mol. The maximum Gasteiger partial charge on any atom is 0.237 e. The lowest BCUT2D eigenvalue weighted by molar-refractivity contribution is -0.127. The van der Waals surface area contributed by atoms with E-state index in [1.165, 1.54) is 0 Å². The van der Waals surface area contributed by atoms with Crippen LogP contribution in [0.1, 0.15) is 25.3 Å². The molecule has 6 heteroatoms.